The second-order valence-electron chi connectivity index (χ2n) is 3.84. The molecule has 2 aromatic rings. The average molecular weight is 374 g/mol. The van der Waals surface area contributed by atoms with E-state index in [4.69, 9.17) is 5.11 Å². The minimum Gasteiger partial charge on any atom is -0.476 e. The van der Waals surface area contributed by atoms with Gasteiger partial charge in [0.1, 0.15) is 11.5 Å². The molecular formula is C12H8FIN2O3. The number of aromatic nitrogens is 2. The van der Waals surface area contributed by atoms with E-state index in [1.54, 1.807) is 6.07 Å². The van der Waals surface area contributed by atoms with Crippen LogP contribution in [0.3, 0.4) is 0 Å². The van der Waals surface area contributed by atoms with Crippen LogP contribution < -0.4 is 5.43 Å². The van der Waals surface area contributed by atoms with E-state index >= 15 is 0 Å². The molecule has 0 atom stereocenters. The van der Waals surface area contributed by atoms with Gasteiger partial charge >= 0.3 is 5.97 Å². The van der Waals surface area contributed by atoms with Crippen molar-refractivity contribution < 1.29 is 14.3 Å². The van der Waals surface area contributed by atoms with Gasteiger partial charge in [-0.1, -0.05) is 0 Å². The van der Waals surface area contributed by atoms with Gasteiger partial charge in [0.2, 0.25) is 11.1 Å². The zero-order valence-corrected chi connectivity index (χ0v) is 11.9. The Hall–Kier alpha value is -1.77. The van der Waals surface area contributed by atoms with Gasteiger partial charge in [-0.3, -0.25) is 4.79 Å². The number of halogens is 2. The summed E-state index contributed by atoms with van der Waals surface area (Å²) in [6.07, 6.45) is 1.31. The molecule has 0 fully saturated rings. The number of aryl methyl sites for hydroxylation is 1. The lowest BCUT2D eigenvalue weighted by Gasteiger charge is -2.09. The predicted molar refractivity (Wildman–Crippen MR) is 74.2 cm³/mol. The molecule has 98 valence electrons. The highest BCUT2D eigenvalue weighted by molar-refractivity contribution is 14.1. The van der Waals surface area contributed by atoms with E-state index in [1.165, 1.54) is 25.3 Å². The minimum absolute atomic E-state index is 0.0949. The molecule has 0 saturated heterocycles. The summed E-state index contributed by atoms with van der Waals surface area (Å²) in [4.78, 5) is 22.5. The van der Waals surface area contributed by atoms with Gasteiger partial charge in [0, 0.05) is 15.3 Å². The van der Waals surface area contributed by atoms with Crippen molar-refractivity contribution >= 4 is 28.6 Å². The van der Waals surface area contributed by atoms with Crippen LogP contribution in [0, 0.1) is 16.3 Å². The molecule has 1 aromatic heterocycles. The van der Waals surface area contributed by atoms with Gasteiger partial charge in [0.15, 0.2) is 0 Å². The molecule has 0 bridgehead atoms. The smallest absolute Gasteiger partial charge is 0.360 e. The van der Waals surface area contributed by atoms with E-state index in [2.05, 4.69) is 5.10 Å². The maximum Gasteiger partial charge on any atom is 0.360 e. The van der Waals surface area contributed by atoms with Gasteiger partial charge in [-0.2, -0.15) is 5.10 Å². The molecule has 2 rings (SSSR count). The van der Waals surface area contributed by atoms with Crippen molar-refractivity contribution in [1.82, 2.24) is 9.78 Å². The molecule has 1 heterocycles. The fourth-order valence-electron chi connectivity index (χ4n) is 1.54. The number of benzene rings is 1. The number of rotatable bonds is 2. The third-order valence-corrected chi connectivity index (χ3v) is 3.13. The van der Waals surface area contributed by atoms with E-state index in [9.17, 15) is 14.0 Å². The van der Waals surface area contributed by atoms with Crippen LogP contribution in [0.1, 0.15) is 16.1 Å². The topological polar surface area (TPSA) is 72.2 Å². The lowest BCUT2D eigenvalue weighted by Crippen LogP contribution is -2.23. The van der Waals surface area contributed by atoms with E-state index in [0.29, 0.717) is 0 Å². The van der Waals surface area contributed by atoms with E-state index < -0.39 is 22.9 Å². The van der Waals surface area contributed by atoms with Crippen LogP contribution in [0.15, 0.2) is 29.2 Å². The second-order valence-corrected chi connectivity index (χ2v) is 5.08. The molecule has 19 heavy (non-hydrogen) atoms. The first-order valence-electron chi connectivity index (χ1n) is 5.19. The number of carbonyl (C=O) groups is 1. The number of carboxylic acids is 1. The summed E-state index contributed by atoms with van der Waals surface area (Å²) in [6, 6.07) is 4.35. The van der Waals surface area contributed by atoms with Crippen molar-refractivity contribution in [2.45, 2.75) is 6.92 Å². The van der Waals surface area contributed by atoms with Gasteiger partial charge in [-0.25, -0.2) is 13.9 Å². The summed E-state index contributed by atoms with van der Waals surface area (Å²) in [5, 5.41) is 12.6. The van der Waals surface area contributed by atoms with E-state index in [0.717, 1.165) is 8.25 Å². The summed E-state index contributed by atoms with van der Waals surface area (Å²) < 4.78 is 15.6. The molecule has 0 aliphatic heterocycles. The highest BCUT2D eigenvalue weighted by Crippen LogP contribution is 2.16. The van der Waals surface area contributed by atoms with Gasteiger partial charge in [-0.15, -0.1) is 0 Å². The standard InChI is InChI=1S/C12H8FIN2O3/c1-6-5-16(15-10(11(6)17)12(18)19)9-4-7(14)2-3-8(9)13/h2-5H,1H3,(H,18,19). The highest BCUT2D eigenvalue weighted by Gasteiger charge is 2.15. The van der Waals surface area contributed by atoms with Crippen molar-refractivity contribution in [3.05, 3.63) is 55.3 Å². The molecule has 0 aliphatic rings. The first kappa shape index (κ1) is 13.7. The van der Waals surface area contributed by atoms with Crippen LogP contribution in [0.4, 0.5) is 4.39 Å². The summed E-state index contributed by atoms with van der Waals surface area (Å²) in [5.74, 6) is -1.99. The minimum atomic E-state index is -1.44. The Morgan fingerprint density at radius 2 is 2.16 bits per heavy atom. The summed E-state index contributed by atoms with van der Waals surface area (Å²) in [7, 11) is 0. The largest absolute Gasteiger partial charge is 0.476 e. The Balaban J connectivity index is 2.73. The molecule has 0 radical (unpaired) electrons. The number of carboxylic acid groups (broad SMARTS) is 1. The van der Waals surface area contributed by atoms with Crippen molar-refractivity contribution in [2.24, 2.45) is 0 Å². The van der Waals surface area contributed by atoms with Gasteiger partial charge in [0.25, 0.3) is 0 Å². The lowest BCUT2D eigenvalue weighted by atomic mass is 10.2. The zero-order valence-electron chi connectivity index (χ0n) is 9.72. The Labute approximate surface area is 120 Å². The Bertz CT molecular complexity index is 727. The molecule has 0 spiro atoms. The van der Waals surface area contributed by atoms with Crippen LogP contribution >= 0.6 is 22.6 Å². The third kappa shape index (κ3) is 2.65. The second kappa shape index (κ2) is 5.08. The molecule has 7 heteroatoms. The first-order valence-corrected chi connectivity index (χ1v) is 6.27. The number of aromatic carboxylic acids is 1. The molecule has 0 aliphatic carbocycles. The SMILES string of the molecule is Cc1cn(-c2cc(I)ccc2F)nc(C(=O)O)c1=O. The average Bonchev–Trinajstić information content (AvgIpc) is 2.35. The number of nitrogens with zero attached hydrogens (tertiary/aromatic N) is 2. The molecule has 5 nitrogen and oxygen atoms in total. The van der Waals surface area contributed by atoms with Crippen LogP contribution in [-0.2, 0) is 0 Å². The third-order valence-electron chi connectivity index (χ3n) is 2.45. The predicted octanol–water partition coefficient (Wildman–Crippen LogP) is 1.98. The van der Waals surface area contributed by atoms with Gasteiger partial charge in [0.05, 0.1) is 0 Å². The molecule has 0 unspecified atom stereocenters. The maximum atomic E-state index is 13.7. The quantitative estimate of drug-likeness (QED) is 0.817. The molecule has 1 aromatic carbocycles. The summed E-state index contributed by atoms with van der Waals surface area (Å²) in [6.45, 7) is 1.46. The fraction of sp³-hybridized carbons (Fsp3) is 0.0833. The molecule has 0 amide bonds. The Morgan fingerprint density at radius 3 is 2.79 bits per heavy atom. The Kier molecular flexibility index (Phi) is 3.65. The lowest BCUT2D eigenvalue weighted by molar-refractivity contribution is 0.0686. The first-order chi connectivity index (χ1) is 8.90. The molecule has 0 saturated carbocycles. The normalized spacial score (nSPS) is 10.5. The molecular weight excluding hydrogens is 366 g/mol. The van der Waals surface area contributed by atoms with Gasteiger partial charge < -0.3 is 5.11 Å². The molecule has 1 N–H and O–H groups in total. The van der Waals surface area contributed by atoms with E-state index in [1.807, 2.05) is 22.6 Å². The van der Waals surface area contributed by atoms with Crippen molar-refractivity contribution in [2.75, 3.05) is 0 Å². The Morgan fingerprint density at radius 1 is 1.47 bits per heavy atom. The number of hydrogen-bond donors (Lipinski definition) is 1. The van der Waals surface area contributed by atoms with Crippen LogP contribution in [0.25, 0.3) is 5.69 Å². The van der Waals surface area contributed by atoms with Crippen molar-refractivity contribution in [3.63, 3.8) is 0 Å². The highest BCUT2D eigenvalue weighted by atomic mass is 127. The monoisotopic (exact) mass is 374 g/mol. The summed E-state index contributed by atoms with van der Waals surface area (Å²) >= 11 is 2.00. The van der Waals surface area contributed by atoms with Crippen LogP contribution in [-0.4, -0.2) is 20.9 Å². The fourth-order valence-corrected chi connectivity index (χ4v) is 2.01. The van der Waals surface area contributed by atoms with Crippen LogP contribution in [0.2, 0.25) is 0 Å². The van der Waals surface area contributed by atoms with Crippen molar-refractivity contribution in [3.8, 4) is 5.69 Å². The summed E-state index contributed by atoms with van der Waals surface area (Å²) in [5.41, 5.74) is -1.02. The van der Waals surface area contributed by atoms with Crippen LogP contribution in [0.5, 0.6) is 0 Å². The zero-order chi connectivity index (χ0) is 14.2. The maximum absolute atomic E-state index is 13.7. The van der Waals surface area contributed by atoms with E-state index in [-0.39, 0.29) is 11.3 Å². The van der Waals surface area contributed by atoms with Crippen molar-refractivity contribution in [1.29, 1.82) is 0 Å². The van der Waals surface area contributed by atoms with Gasteiger partial charge in [-0.05, 0) is 47.7 Å². The number of hydrogen-bond acceptors (Lipinski definition) is 3.